The van der Waals surface area contributed by atoms with Crippen molar-refractivity contribution < 1.29 is 4.74 Å². The van der Waals surface area contributed by atoms with E-state index in [4.69, 9.17) is 9.72 Å². The van der Waals surface area contributed by atoms with Gasteiger partial charge in [0.25, 0.3) is 0 Å². The topological polar surface area (TPSA) is 31.8 Å². The van der Waals surface area contributed by atoms with Crippen LogP contribution in [0.5, 0.6) is 5.75 Å². The second-order valence-electron chi connectivity index (χ2n) is 5.77. The van der Waals surface area contributed by atoms with E-state index in [9.17, 15) is 0 Å². The molecule has 1 aromatic heterocycles. The van der Waals surface area contributed by atoms with Crippen LogP contribution in [0.15, 0.2) is 12.1 Å². The van der Waals surface area contributed by atoms with E-state index in [0.717, 1.165) is 56.4 Å². The van der Waals surface area contributed by atoms with Crippen molar-refractivity contribution >= 4 is 0 Å². The van der Waals surface area contributed by atoms with E-state index < -0.39 is 0 Å². The summed E-state index contributed by atoms with van der Waals surface area (Å²) in [4.78, 5) is 11.8. The molecular formula is C15H26N4O. The molecule has 5 heteroatoms. The van der Waals surface area contributed by atoms with Gasteiger partial charge in [0.1, 0.15) is 5.75 Å². The van der Waals surface area contributed by atoms with Gasteiger partial charge < -0.3 is 9.64 Å². The summed E-state index contributed by atoms with van der Waals surface area (Å²) in [5.41, 5.74) is 2.16. The van der Waals surface area contributed by atoms with Gasteiger partial charge in [0.2, 0.25) is 0 Å². The molecule has 0 radical (unpaired) electrons. The number of aromatic nitrogens is 1. The number of nitrogens with zero attached hydrogens (tertiary/aromatic N) is 4. The second kappa shape index (κ2) is 7.02. The van der Waals surface area contributed by atoms with Crippen molar-refractivity contribution in [2.24, 2.45) is 0 Å². The molecule has 1 aromatic rings. The average Bonchev–Trinajstić information content (AvgIpc) is 2.41. The van der Waals surface area contributed by atoms with Gasteiger partial charge >= 0.3 is 0 Å². The van der Waals surface area contributed by atoms with Gasteiger partial charge in [-0.2, -0.15) is 0 Å². The molecule has 5 nitrogen and oxygen atoms in total. The molecule has 2 bridgehead atoms. The van der Waals surface area contributed by atoms with E-state index in [-0.39, 0.29) is 0 Å². The first kappa shape index (κ1) is 15.2. The first-order valence-electron chi connectivity index (χ1n) is 7.16. The van der Waals surface area contributed by atoms with Gasteiger partial charge in [-0.3, -0.25) is 14.8 Å². The van der Waals surface area contributed by atoms with Crippen LogP contribution in [-0.4, -0.2) is 74.1 Å². The normalized spacial score (nSPS) is 20.2. The van der Waals surface area contributed by atoms with Crippen LogP contribution >= 0.6 is 0 Å². The minimum absolute atomic E-state index is 0.863. The Morgan fingerprint density at radius 2 is 1.30 bits per heavy atom. The lowest BCUT2D eigenvalue weighted by Crippen LogP contribution is -2.36. The van der Waals surface area contributed by atoms with Gasteiger partial charge in [-0.25, -0.2) is 0 Å². The van der Waals surface area contributed by atoms with Crippen molar-refractivity contribution in [3.05, 3.63) is 23.5 Å². The summed E-state index contributed by atoms with van der Waals surface area (Å²) < 4.78 is 5.40. The molecule has 0 unspecified atom stereocenters. The van der Waals surface area contributed by atoms with Crippen molar-refractivity contribution in [3.8, 4) is 5.75 Å². The number of pyridine rings is 1. The van der Waals surface area contributed by atoms with Crippen LogP contribution in [-0.2, 0) is 13.1 Å². The molecule has 0 aliphatic carbocycles. The maximum absolute atomic E-state index is 5.40. The van der Waals surface area contributed by atoms with Crippen LogP contribution < -0.4 is 4.74 Å². The second-order valence-corrected chi connectivity index (χ2v) is 5.77. The van der Waals surface area contributed by atoms with Crippen LogP contribution in [0.2, 0.25) is 0 Å². The summed E-state index contributed by atoms with van der Waals surface area (Å²) in [5, 5.41) is 0. The highest BCUT2D eigenvalue weighted by Gasteiger charge is 2.11. The zero-order valence-electron chi connectivity index (χ0n) is 13.1. The molecule has 0 fully saturated rings. The summed E-state index contributed by atoms with van der Waals surface area (Å²) in [7, 11) is 8.20. The van der Waals surface area contributed by atoms with Crippen LogP contribution in [0, 0.1) is 0 Å². The number of likely N-dealkylation sites (N-methyl/N-ethyl adjacent to an activating group) is 3. The Morgan fingerprint density at radius 1 is 0.850 bits per heavy atom. The van der Waals surface area contributed by atoms with Gasteiger partial charge in [0, 0.05) is 51.4 Å². The lowest BCUT2D eigenvalue weighted by atomic mass is 10.2. The molecule has 0 amide bonds. The Morgan fingerprint density at radius 3 is 1.75 bits per heavy atom. The van der Waals surface area contributed by atoms with Crippen molar-refractivity contribution in [1.82, 2.24) is 19.7 Å². The van der Waals surface area contributed by atoms with Gasteiger partial charge in [0.15, 0.2) is 0 Å². The fourth-order valence-corrected chi connectivity index (χ4v) is 2.40. The predicted molar refractivity (Wildman–Crippen MR) is 81.0 cm³/mol. The average molecular weight is 278 g/mol. The molecule has 0 N–H and O–H groups in total. The molecule has 20 heavy (non-hydrogen) atoms. The Labute approximate surface area is 122 Å². The Bertz CT molecular complexity index is 404. The number of methoxy groups -OCH3 is 1. The third-order valence-corrected chi connectivity index (χ3v) is 3.73. The maximum Gasteiger partial charge on any atom is 0.122 e. The van der Waals surface area contributed by atoms with Crippen LogP contribution in [0.3, 0.4) is 0 Å². The maximum atomic E-state index is 5.40. The van der Waals surface area contributed by atoms with E-state index in [1.807, 2.05) is 12.1 Å². The molecule has 1 aliphatic rings. The van der Waals surface area contributed by atoms with E-state index >= 15 is 0 Å². The molecule has 2 rings (SSSR count). The number of hydrogen-bond donors (Lipinski definition) is 0. The highest BCUT2D eigenvalue weighted by Crippen LogP contribution is 2.16. The highest BCUT2D eigenvalue weighted by atomic mass is 16.5. The predicted octanol–water partition coefficient (Wildman–Crippen LogP) is 0.899. The minimum Gasteiger partial charge on any atom is -0.497 e. The first-order chi connectivity index (χ1) is 9.56. The molecule has 112 valence electrons. The Balaban J connectivity index is 2.22. The molecular weight excluding hydrogens is 252 g/mol. The molecule has 1 aliphatic heterocycles. The Kier molecular flexibility index (Phi) is 5.34. The molecule has 0 spiro atoms. The lowest BCUT2D eigenvalue weighted by molar-refractivity contribution is 0.215. The number of hydrogen-bond acceptors (Lipinski definition) is 5. The van der Waals surface area contributed by atoms with E-state index in [1.165, 1.54) is 0 Å². The minimum atomic E-state index is 0.863. The lowest BCUT2D eigenvalue weighted by Gasteiger charge is -2.26. The van der Waals surface area contributed by atoms with Crippen molar-refractivity contribution in [2.75, 3.05) is 54.4 Å². The first-order valence-corrected chi connectivity index (χ1v) is 7.16. The molecule has 0 aromatic carbocycles. The summed E-state index contributed by atoms with van der Waals surface area (Å²) in [6, 6.07) is 4.07. The summed E-state index contributed by atoms with van der Waals surface area (Å²) >= 11 is 0. The van der Waals surface area contributed by atoms with Crippen molar-refractivity contribution in [2.45, 2.75) is 13.1 Å². The third-order valence-electron chi connectivity index (χ3n) is 3.73. The number of ether oxygens (including phenoxy) is 1. The van der Waals surface area contributed by atoms with Gasteiger partial charge in [-0.1, -0.05) is 0 Å². The van der Waals surface area contributed by atoms with Gasteiger partial charge in [-0.15, -0.1) is 0 Å². The van der Waals surface area contributed by atoms with Crippen LogP contribution in [0.25, 0.3) is 0 Å². The largest absolute Gasteiger partial charge is 0.497 e. The summed E-state index contributed by atoms with van der Waals surface area (Å²) in [5.74, 6) is 0.904. The summed E-state index contributed by atoms with van der Waals surface area (Å²) in [6.07, 6.45) is 0. The zero-order valence-corrected chi connectivity index (χ0v) is 13.1. The third kappa shape index (κ3) is 4.44. The summed E-state index contributed by atoms with van der Waals surface area (Å²) in [6.45, 7) is 5.99. The highest BCUT2D eigenvalue weighted by molar-refractivity contribution is 5.27. The van der Waals surface area contributed by atoms with E-state index in [2.05, 4.69) is 35.8 Å². The standard InChI is InChI=1S/C15H26N4O/c1-17-5-7-18(2)11-13-9-15(20-4)10-14(16-13)12-19(3)8-6-17/h9-10H,5-8,11-12H2,1-4H3. The quantitative estimate of drug-likeness (QED) is 0.762. The van der Waals surface area contributed by atoms with Crippen molar-refractivity contribution in [1.29, 1.82) is 0 Å². The SMILES string of the molecule is COc1cc2nc(c1)CN(C)CCN(C)CCN(C)C2. The number of rotatable bonds is 1. The van der Waals surface area contributed by atoms with Gasteiger partial charge in [0.05, 0.1) is 18.5 Å². The fraction of sp³-hybridized carbons (Fsp3) is 0.667. The monoisotopic (exact) mass is 278 g/mol. The smallest absolute Gasteiger partial charge is 0.122 e. The number of fused-ring (bicyclic) bond motifs is 2. The van der Waals surface area contributed by atoms with Crippen molar-refractivity contribution in [3.63, 3.8) is 0 Å². The molecule has 0 atom stereocenters. The van der Waals surface area contributed by atoms with E-state index in [1.54, 1.807) is 7.11 Å². The molecule has 0 saturated heterocycles. The molecule has 2 heterocycles. The zero-order chi connectivity index (χ0) is 14.5. The van der Waals surface area contributed by atoms with E-state index in [0.29, 0.717) is 0 Å². The van der Waals surface area contributed by atoms with Crippen LogP contribution in [0.1, 0.15) is 11.4 Å². The Hall–Kier alpha value is -1.17. The van der Waals surface area contributed by atoms with Gasteiger partial charge in [-0.05, 0) is 21.1 Å². The van der Waals surface area contributed by atoms with Crippen LogP contribution in [0.4, 0.5) is 0 Å². The molecule has 0 saturated carbocycles. The fourth-order valence-electron chi connectivity index (χ4n) is 2.40.